The van der Waals surface area contributed by atoms with Crippen LogP contribution >= 0.6 is 23.2 Å². The van der Waals surface area contributed by atoms with E-state index in [-0.39, 0.29) is 0 Å². The van der Waals surface area contributed by atoms with Gasteiger partial charge in [0.2, 0.25) is 0 Å². The van der Waals surface area contributed by atoms with E-state index in [1.165, 1.54) is 5.56 Å². The van der Waals surface area contributed by atoms with Gasteiger partial charge in [-0.15, -0.1) is 0 Å². The van der Waals surface area contributed by atoms with E-state index in [9.17, 15) is 5.11 Å². The molecule has 0 fully saturated rings. The normalized spacial score (nSPS) is 14.2. The summed E-state index contributed by atoms with van der Waals surface area (Å²) in [7, 11) is 0. The summed E-state index contributed by atoms with van der Waals surface area (Å²) in [5.74, 6) is 0. The molecule has 2 aromatic rings. The first-order valence-electron chi connectivity index (χ1n) is 6.08. The van der Waals surface area contributed by atoms with Crippen LogP contribution < -0.4 is 0 Å². The molecule has 0 heterocycles. The Morgan fingerprint density at radius 1 is 0.842 bits per heavy atom. The molecular weight excluding hydrogens is 279 g/mol. The second-order valence-corrected chi connectivity index (χ2v) is 5.81. The third-order valence-corrected chi connectivity index (χ3v) is 4.29. The fraction of sp³-hybridized carbons (Fsp3) is 0.250. The van der Waals surface area contributed by atoms with Crippen LogP contribution in [0, 0.1) is 13.8 Å². The van der Waals surface area contributed by atoms with Gasteiger partial charge in [0.25, 0.3) is 0 Å². The Morgan fingerprint density at radius 3 is 2.00 bits per heavy atom. The van der Waals surface area contributed by atoms with E-state index in [1.54, 1.807) is 25.1 Å². The van der Waals surface area contributed by atoms with Crippen molar-refractivity contribution in [3.63, 3.8) is 0 Å². The lowest BCUT2D eigenvalue weighted by Crippen LogP contribution is -2.23. The fourth-order valence-corrected chi connectivity index (χ4v) is 2.31. The zero-order chi connectivity index (χ0) is 14.2. The van der Waals surface area contributed by atoms with Crippen LogP contribution in [0.25, 0.3) is 0 Å². The molecule has 0 amide bonds. The molecule has 0 saturated carbocycles. The van der Waals surface area contributed by atoms with E-state index in [1.807, 2.05) is 32.0 Å². The van der Waals surface area contributed by atoms with Gasteiger partial charge < -0.3 is 5.11 Å². The van der Waals surface area contributed by atoms with E-state index in [2.05, 4.69) is 0 Å². The largest absolute Gasteiger partial charge is 0.381 e. The van der Waals surface area contributed by atoms with E-state index >= 15 is 0 Å². The fourth-order valence-electron chi connectivity index (χ4n) is 2.01. The van der Waals surface area contributed by atoms with Gasteiger partial charge in [0, 0.05) is 0 Å². The molecule has 0 bridgehead atoms. The van der Waals surface area contributed by atoms with Crippen LogP contribution in [-0.2, 0) is 5.60 Å². The first-order chi connectivity index (χ1) is 8.82. The van der Waals surface area contributed by atoms with Crippen LogP contribution in [0.5, 0.6) is 0 Å². The second kappa shape index (κ2) is 5.16. The standard InChI is InChI=1S/C16H16Cl2O/c1-10-4-5-12(8-11(10)2)16(3,19)13-6-7-14(17)15(18)9-13/h4-9,19H,1-3H3. The molecule has 100 valence electrons. The van der Waals surface area contributed by atoms with Crippen molar-refractivity contribution < 1.29 is 5.11 Å². The zero-order valence-corrected chi connectivity index (χ0v) is 12.7. The molecule has 2 rings (SSSR count). The molecule has 1 N–H and O–H groups in total. The first-order valence-corrected chi connectivity index (χ1v) is 6.83. The number of hydrogen-bond donors (Lipinski definition) is 1. The Balaban J connectivity index is 2.51. The molecule has 0 aliphatic rings. The van der Waals surface area contributed by atoms with E-state index in [4.69, 9.17) is 23.2 Å². The van der Waals surface area contributed by atoms with Crippen LogP contribution in [0.15, 0.2) is 36.4 Å². The van der Waals surface area contributed by atoms with Gasteiger partial charge in [-0.3, -0.25) is 0 Å². The summed E-state index contributed by atoms with van der Waals surface area (Å²) in [4.78, 5) is 0. The van der Waals surface area contributed by atoms with Crippen molar-refractivity contribution in [2.45, 2.75) is 26.4 Å². The van der Waals surface area contributed by atoms with Gasteiger partial charge in [-0.1, -0.05) is 47.5 Å². The van der Waals surface area contributed by atoms with Crippen molar-refractivity contribution >= 4 is 23.2 Å². The molecule has 1 unspecified atom stereocenters. The molecule has 0 aliphatic heterocycles. The van der Waals surface area contributed by atoms with Crippen molar-refractivity contribution in [1.29, 1.82) is 0 Å². The molecule has 0 saturated heterocycles. The van der Waals surface area contributed by atoms with Gasteiger partial charge in [-0.05, 0) is 55.2 Å². The van der Waals surface area contributed by atoms with Gasteiger partial charge in [0.05, 0.1) is 10.0 Å². The highest BCUT2D eigenvalue weighted by Crippen LogP contribution is 2.33. The molecule has 19 heavy (non-hydrogen) atoms. The maximum atomic E-state index is 10.8. The summed E-state index contributed by atoms with van der Waals surface area (Å²) < 4.78 is 0. The Kier molecular flexibility index (Phi) is 3.91. The third-order valence-electron chi connectivity index (χ3n) is 3.55. The average molecular weight is 295 g/mol. The minimum absolute atomic E-state index is 0.447. The summed E-state index contributed by atoms with van der Waals surface area (Å²) in [5, 5.41) is 11.7. The summed E-state index contributed by atoms with van der Waals surface area (Å²) in [6.07, 6.45) is 0. The lowest BCUT2D eigenvalue weighted by molar-refractivity contribution is 0.102. The zero-order valence-electron chi connectivity index (χ0n) is 11.2. The van der Waals surface area contributed by atoms with Crippen LogP contribution in [0.4, 0.5) is 0 Å². The Morgan fingerprint density at radius 2 is 1.42 bits per heavy atom. The van der Waals surface area contributed by atoms with Crippen LogP contribution in [0.2, 0.25) is 10.0 Å². The lowest BCUT2D eigenvalue weighted by atomic mass is 9.87. The van der Waals surface area contributed by atoms with Crippen LogP contribution in [0.1, 0.15) is 29.2 Å². The Labute approximate surface area is 123 Å². The number of aryl methyl sites for hydroxylation is 2. The number of aliphatic hydroxyl groups is 1. The first kappa shape index (κ1) is 14.4. The van der Waals surface area contributed by atoms with Crippen LogP contribution in [0.3, 0.4) is 0 Å². The van der Waals surface area contributed by atoms with E-state index in [0.717, 1.165) is 16.7 Å². The van der Waals surface area contributed by atoms with Gasteiger partial charge in [0.1, 0.15) is 5.60 Å². The van der Waals surface area contributed by atoms with Crippen molar-refractivity contribution in [3.8, 4) is 0 Å². The average Bonchev–Trinajstić information content (AvgIpc) is 2.35. The number of hydrogen-bond acceptors (Lipinski definition) is 1. The summed E-state index contributed by atoms with van der Waals surface area (Å²) in [6, 6.07) is 11.1. The van der Waals surface area contributed by atoms with Gasteiger partial charge in [-0.25, -0.2) is 0 Å². The van der Waals surface area contributed by atoms with Crippen molar-refractivity contribution in [2.24, 2.45) is 0 Å². The minimum Gasteiger partial charge on any atom is -0.381 e. The van der Waals surface area contributed by atoms with Crippen molar-refractivity contribution in [1.82, 2.24) is 0 Å². The molecular formula is C16H16Cl2O. The molecule has 1 atom stereocenters. The molecule has 1 nitrogen and oxygen atoms in total. The molecule has 0 aromatic heterocycles. The summed E-state index contributed by atoms with van der Waals surface area (Å²) in [5.41, 5.74) is 2.83. The highest BCUT2D eigenvalue weighted by molar-refractivity contribution is 6.42. The lowest BCUT2D eigenvalue weighted by Gasteiger charge is -2.25. The minimum atomic E-state index is -1.09. The maximum absolute atomic E-state index is 10.8. The van der Waals surface area contributed by atoms with Crippen LogP contribution in [-0.4, -0.2) is 5.11 Å². The summed E-state index contributed by atoms with van der Waals surface area (Å²) in [6.45, 7) is 5.84. The summed E-state index contributed by atoms with van der Waals surface area (Å²) >= 11 is 11.9. The number of halogens is 2. The van der Waals surface area contributed by atoms with Gasteiger partial charge in [0.15, 0.2) is 0 Å². The topological polar surface area (TPSA) is 20.2 Å². The highest BCUT2D eigenvalue weighted by Gasteiger charge is 2.26. The number of benzene rings is 2. The Bertz CT molecular complexity index is 565. The Hall–Kier alpha value is -1.02. The smallest absolute Gasteiger partial charge is 0.112 e. The SMILES string of the molecule is Cc1ccc(C(C)(O)c2ccc(Cl)c(Cl)c2)cc1C. The molecule has 3 heteroatoms. The second-order valence-electron chi connectivity index (χ2n) is 5.00. The van der Waals surface area contributed by atoms with E-state index in [0.29, 0.717) is 10.0 Å². The van der Waals surface area contributed by atoms with E-state index < -0.39 is 5.60 Å². The predicted molar refractivity (Wildman–Crippen MR) is 81.1 cm³/mol. The predicted octanol–water partition coefficient (Wildman–Crippen LogP) is 4.87. The molecule has 0 spiro atoms. The monoisotopic (exact) mass is 294 g/mol. The molecule has 0 aliphatic carbocycles. The van der Waals surface area contributed by atoms with Crippen molar-refractivity contribution in [2.75, 3.05) is 0 Å². The quantitative estimate of drug-likeness (QED) is 0.838. The highest BCUT2D eigenvalue weighted by atomic mass is 35.5. The van der Waals surface area contributed by atoms with Gasteiger partial charge >= 0.3 is 0 Å². The third kappa shape index (κ3) is 2.79. The molecule has 0 radical (unpaired) electrons. The molecule has 2 aromatic carbocycles. The van der Waals surface area contributed by atoms with Crippen molar-refractivity contribution in [3.05, 3.63) is 68.7 Å². The maximum Gasteiger partial charge on any atom is 0.112 e. The number of rotatable bonds is 2. The van der Waals surface area contributed by atoms with Gasteiger partial charge in [-0.2, -0.15) is 0 Å².